The lowest BCUT2D eigenvalue weighted by atomic mass is 10.2. The van der Waals surface area contributed by atoms with Gasteiger partial charge in [0.15, 0.2) is 11.6 Å². The first-order valence-corrected chi connectivity index (χ1v) is 16.4. The topological polar surface area (TPSA) is 72.3 Å². The Morgan fingerprint density at radius 3 is 1.81 bits per heavy atom. The summed E-state index contributed by atoms with van der Waals surface area (Å²) in [7, 11) is -1.00. The number of benzene rings is 4. The minimum atomic E-state index is -1.00. The maximum atomic E-state index is 14.1. The highest BCUT2D eigenvalue weighted by atomic mass is 79.9. The van der Waals surface area contributed by atoms with Gasteiger partial charge in [-0.15, -0.1) is 0 Å². The molecule has 0 spiro atoms. The average Bonchev–Trinajstić information content (AvgIpc) is 3.77. The van der Waals surface area contributed by atoms with Crippen LogP contribution in [0.3, 0.4) is 0 Å². The normalized spacial score (nSPS) is 10.5. The van der Waals surface area contributed by atoms with Crippen LogP contribution in [0.2, 0.25) is 0 Å². The smallest absolute Gasteiger partial charge is 0.160 e. The third-order valence-electron chi connectivity index (χ3n) is 7.35. The molecule has 1 N–H and O–H groups in total. The van der Waals surface area contributed by atoms with Gasteiger partial charge in [0, 0.05) is 35.4 Å². The quantitative estimate of drug-likeness (QED) is 0.140. The molecule has 12 heteroatoms. The molecule has 4 heterocycles. The summed E-state index contributed by atoms with van der Waals surface area (Å²) < 4.78 is 69.4. The van der Waals surface area contributed by atoms with Crippen molar-refractivity contribution in [1.82, 2.24) is 29.5 Å². The number of aromatic amines is 1. The molecule has 0 aliphatic carbocycles. The molecule has 52 heavy (non-hydrogen) atoms. The summed E-state index contributed by atoms with van der Waals surface area (Å²) >= 11 is 3.07. The number of H-pyrrole nitrogens is 1. The zero-order chi connectivity index (χ0) is 36.9. The molecule has 4 aromatic heterocycles. The van der Waals surface area contributed by atoms with Gasteiger partial charge in [-0.2, -0.15) is 0 Å². The molecular formula is C40H34BrF5N6. The predicted molar refractivity (Wildman–Crippen MR) is 201 cm³/mol. The highest BCUT2D eigenvalue weighted by Gasteiger charge is 2.15. The number of aromatic nitrogens is 6. The summed E-state index contributed by atoms with van der Waals surface area (Å²) in [5.74, 6) is -0.729. The monoisotopic (exact) mass is 773 g/mol. The van der Waals surface area contributed by atoms with Crippen LogP contribution in [0, 0.1) is 23.3 Å². The van der Waals surface area contributed by atoms with E-state index in [0.717, 1.165) is 45.7 Å². The highest BCUT2D eigenvalue weighted by Crippen LogP contribution is 2.25. The van der Waals surface area contributed by atoms with Crippen molar-refractivity contribution in [3.05, 3.63) is 168 Å². The van der Waals surface area contributed by atoms with Crippen molar-refractivity contribution in [2.24, 2.45) is 0 Å². The zero-order valence-corrected chi connectivity index (χ0v) is 28.4. The van der Waals surface area contributed by atoms with E-state index in [-0.39, 0.29) is 14.0 Å². The van der Waals surface area contributed by atoms with Gasteiger partial charge >= 0.3 is 0 Å². The Morgan fingerprint density at radius 2 is 1.23 bits per heavy atom. The second-order valence-electron chi connectivity index (χ2n) is 10.6. The fourth-order valence-electron chi connectivity index (χ4n) is 4.95. The Kier molecular flexibility index (Phi) is 13.7. The molecule has 6 nitrogen and oxygen atoms in total. The van der Waals surface area contributed by atoms with E-state index in [1.54, 1.807) is 12.4 Å². The first-order valence-electron chi connectivity index (χ1n) is 16.0. The Hall–Kier alpha value is -5.75. The summed E-state index contributed by atoms with van der Waals surface area (Å²) in [4.78, 5) is 20.9. The third kappa shape index (κ3) is 9.73. The molecule has 4 aromatic carbocycles. The van der Waals surface area contributed by atoms with Gasteiger partial charge in [-0.25, -0.2) is 27.5 Å². The minimum absolute atomic E-state index is 0. The van der Waals surface area contributed by atoms with Gasteiger partial charge in [-0.05, 0) is 66.2 Å². The lowest BCUT2D eigenvalue weighted by Gasteiger charge is -2.10. The number of nitrogens with zero attached hydrogens (tertiary/aromatic N) is 5. The van der Waals surface area contributed by atoms with E-state index in [1.165, 1.54) is 24.3 Å². The van der Waals surface area contributed by atoms with Crippen LogP contribution < -0.4 is 0 Å². The van der Waals surface area contributed by atoms with Crippen LogP contribution in [0.15, 0.2) is 134 Å². The van der Waals surface area contributed by atoms with E-state index in [1.807, 2.05) is 89.5 Å². The summed E-state index contributed by atoms with van der Waals surface area (Å²) in [5, 5.41) is 0.416. The zero-order valence-electron chi connectivity index (χ0n) is 27.8. The number of rotatable bonds is 5. The van der Waals surface area contributed by atoms with E-state index in [9.17, 15) is 22.0 Å². The fraction of sp³-hybridized carbons (Fsp3) is 0.100. The Labute approximate surface area is 307 Å². The number of para-hydroxylation sites is 4. The first-order chi connectivity index (χ1) is 25.3. The molecule has 8 rings (SSSR count). The molecule has 0 atom stereocenters. The second kappa shape index (κ2) is 19.0. The molecule has 0 amide bonds. The van der Waals surface area contributed by atoms with Gasteiger partial charge in [0.05, 0.1) is 37.1 Å². The van der Waals surface area contributed by atoms with Gasteiger partial charge in [0.1, 0.15) is 34.7 Å². The Balaban J connectivity index is 0.000000185. The van der Waals surface area contributed by atoms with Crippen LogP contribution in [0.1, 0.15) is 19.9 Å². The van der Waals surface area contributed by atoms with E-state index in [0.29, 0.717) is 28.0 Å². The standard InChI is InChI=1S/C19H13F2N3.C12H9N3.C7H5BrF2.CH3F.CH4/c20-14-9-8-13(15(21)11-14)12-24-18-7-2-1-5-16(18)23-19(24)17-6-3-4-10-22-17;1-2-6-10-9(5-1)14-12(15-10)11-7-3-4-8-13-11;8-4-5-1-2-6(9)3-7(5)10;1-2;/h1-11H,12H2;1-8H,(H,14,15);1-3H,4H2;1H3;1H4/i;;;1D;. The number of hydrogen-bond acceptors (Lipinski definition) is 4. The molecule has 0 aliphatic rings. The number of fused-ring (bicyclic) bond motifs is 2. The van der Waals surface area contributed by atoms with E-state index in [2.05, 4.69) is 40.8 Å². The SMILES string of the molecule is C.Fc1ccc(CBr)c(F)c1.Fc1ccc(Cn2c(-c3ccccn3)nc3ccccc32)c(F)c1.[2H]CF.c1ccc(-c2nc3ccccc3[nH]2)nc1. The van der Waals surface area contributed by atoms with Crippen LogP contribution in [-0.4, -0.2) is 36.6 Å². The molecule has 0 saturated carbocycles. The van der Waals surface area contributed by atoms with Crippen molar-refractivity contribution < 1.29 is 23.3 Å². The maximum absolute atomic E-state index is 14.1. The van der Waals surface area contributed by atoms with Crippen molar-refractivity contribution >= 4 is 38.0 Å². The Bertz CT molecular complexity index is 2310. The molecule has 0 saturated heterocycles. The van der Waals surface area contributed by atoms with Crippen LogP contribution in [0.25, 0.3) is 45.1 Å². The second-order valence-corrected chi connectivity index (χ2v) is 11.2. The largest absolute Gasteiger partial charge is 0.337 e. The van der Waals surface area contributed by atoms with Gasteiger partial charge in [-0.3, -0.25) is 14.4 Å². The summed E-state index contributed by atoms with van der Waals surface area (Å²) in [6, 6.07) is 34.1. The molecule has 0 bridgehead atoms. The molecule has 0 radical (unpaired) electrons. The van der Waals surface area contributed by atoms with E-state index >= 15 is 0 Å². The number of imidazole rings is 2. The average molecular weight is 775 g/mol. The third-order valence-corrected chi connectivity index (χ3v) is 7.95. The maximum Gasteiger partial charge on any atom is 0.160 e. The fourth-order valence-corrected chi connectivity index (χ4v) is 5.41. The van der Waals surface area contributed by atoms with Crippen LogP contribution in [0.4, 0.5) is 22.0 Å². The van der Waals surface area contributed by atoms with Crippen LogP contribution in [0.5, 0.6) is 0 Å². The first kappa shape index (κ1) is 37.5. The lowest BCUT2D eigenvalue weighted by Crippen LogP contribution is -2.05. The molecule has 0 aliphatic heterocycles. The van der Waals surface area contributed by atoms with Crippen molar-refractivity contribution in [3.63, 3.8) is 0 Å². The number of hydrogen-bond donors (Lipinski definition) is 1. The number of alkyl halides is 2. The van der Waals surface area contributed by atoms with Crippen molar-refractivity contribution in [1.29, 1.82) is 0 Å². The van der Waals surface area contributed by atoms with Crippen molar-refractivity contribution in [2.75, 3.05) is 7.15 Å². The van der Waals surface area contributed by atoms with E-state index in [4.69, 9.17) is 1.37 Å². The van der Waals surface area contributed by atoms with Gasteiger partial charge in [-0.1, -0.05) is 71.9 Å². The van der Waals surface area contributed by atoms with Gasteiger partial charge < -0.3 is 9.55 Å². The van der Waals surface area contributed by atoms with Crippen LogP contribution in [-0.2, 0) is 11.9 Å². The summed E-state index contributed by atoms with van der Waals surface area (Å²) in [6.45, 7) is 0.249. The van der Waals surface area contributed by atoms with Crippen LogP contribution >= 0.6 is 15.9 Å². The van der Waals surface area contributed by atoms with Gasteiger partial charge in [0.2, 0.25) is 0 Å². The minimum Gasteiger partial charge on any atom is -0.337 e. The molecule has 8 aromatic rings. The van der Waals surface area contributed by atoms with Crippen molar-refractivity contribution in [3.8, 4) is 23.0 Å². The van der Waals surface area contributed by atoms with Crippen molar-refractivity contribution in [2.45, 2.75) is 19.3 Å². The van der Waals surface area contributed by atoms with Gasteiger partial charge in [0.25, 0.3) is 0 Å². The number of pyridine rings is 2. The number of nitrogens with one attached hydrogen (secondary N) is 1. The molecular weight excluding hydrogens is 739 g/mol. The summed E-state index contributed by atoms with van der Waals surface area (Å²) in [5.41, 5.74) is 6.14. The highest BCUT2D eigenvalue weighted by molar-refractivity contribution is 9.08. The molecule has 266 valence electrons. The number of halogens is 6. The molecule has 0 unspecified atom stereocenters. The summed E-state index contributed by atoms with van der Waals surface area (Å²) in [6.07, 6.45) is 3.46. The van der Waals surface area contributed by atoms with E-state index < -0.39 is 30.4 Å². The molecule has 0 fully saturated rings. The lowest BCUT2D eigenvalue weighted by molar-refractivity contribution is 0.567. The Morgan fingerprint density at radius 1 is 0.673 bits per heavy atom. The predicted octanol–water partition coefficient (Wildman–Crippen LogP) is 11.1.